The lowest BCUT2D eigenvalue weighted by molar-refractivity contribution is -0.907. The van der Waals surface area contributed by atoms with Crippen LogP contribution in [0, 0.1) is 5.92 Å². The molecule has 37 heavy (non-hydrogen) atoms. The Morgan fingerprint density at radius 1 is 1.08 bits per heavy atom. The molecule has 2 aromatic rings. The van der Waals surface area contributed by atoms with Gasteiger partial charge >= 0.3 is 0 Å². The molecule has 0 spiro atoms. The summed E-state index contributed by atoms with van der Waals surface area (Å²) in [4.78, 5) is 31.0. The second kappa shape index (κ2) is 14.5. The number of hydrogen-bond donors (Lipinski definition) is 4. The molecule has 1 amide bonds. The first-order valence-corrected chi connectivity index (χ1v) is 14.0. The molecule has 204 valence electrons. The van der Waals surface area contributed by atoms with Crippen LogP contribution in [0.25, 0.3) is 10.9 Å². The second-order valence-electron chi connectivity index (χ2n) is 11.1. The van der Waals surface area contributed by atoms with E-state index in [-0.39, 0.29) is 18.1 Å². The van der Waals surface area contributed by atoms with E-state index in [9.17, 15) is 9.59 Å². The molecule has 1 aromatic heterocycles. The Bertz CT molecular complexity index is 1000. The highest BCUT2D eigenvalue weighted by Crippen LogP contribution is 2.28. The van der Waals surface area contributed by atoms with Crippen LogP contribution in [0.1, 0.15) is 56.9 Å². The van der Waals surface area contributed by atoms with Crippen LogP contribution in [-0.4, -0.2) is 73.0 Å². The summed E-state index contributed by atoms with van der Waals surface area (Å²) in [6.07, 6.45) is 9.92. The van der Waals surface area contributed by atoms with Crippen LogP contribution in [0.3, 0.4) is 0 Å². The van der Waals surface area contributed by atoms with Gasteiger partial charge in [0.1, 0.15) is 0 Å². The summed E-state index contributed by atoms with van der Waals surface area (Å²) in [6, 6.07) is 8.73. The van der Waals surface area contributed by atoms with Gasteiger partial charge in [-0.3, -0.25) is 14.6 Å². The van der Waals surface area contributed by atoms with E-state index >= 15 is 0 Å². The molecule has 1 aromatic carbocycles. The molecule has 0 bridgehead atoms. The number of carbonyl (C=O) groups excluding carboxylic acids is 2. The Labute approximate surface area is 221 Å². The van der Waals surface area contributed by atoms with Gasteiger partial charge in [0.25, 0.3) is 0 Å². The van der Waals surface area contributed by atoms with Crippen molar-refractivity contribution in [2.24, 2.45) is 23.1 Å². The number of amides is 1. The predicted octanol–water partition coefficient (Wildman–Crippen LogP) is 2.27. The number of fused-ring (bicyclic) bond motifs is 1. The Kier molecular flexibility index (Phi) is 11.4. The third-order valence-corrected chi connectivity index (χ3v) is 7.91. The summed E-state index contributed by atoms with van der Waals surface area (Å²) in [5.41, 5.74) is 19.6. The van der Waals surface area contributed by atoms with Gasteiger partial charge in [0, 0.05) is 31.1 Å². The van der Waals surface area contributed by atoms with E-state index in [1.54, 1.807) is 6.20 Å². The van der Waals surface area contributed by atoms with Crippen LogP contribution in [0.2, 0.25) is 0 Å². The number of nitrogens with two attached hydrogens (primary N) is 3. The third kappa shape index (κ3) is 9.14. The molecule has 1 aliphatic rings. The summed E-state index contributed by atoms with van der Waals surface area (Å²) >= 11 is 0. The fourth-order valence-corrected chi connectivity index (χ4v) is 5.63. The number of quaternary nitrogens is 1. The molecular formula is C29H47N6O2+. The first-order chi connectivity index (χ1) is 17.8. The minimum Gasteiger partial charge on any atom is -0.345 e. The topological polar surface area (TPSA) is 137 Å². The van der Waals surface area contributed by atoms with Gasteiger partial charge in [-0.25, -0.2) is 0 Å². The maximum absolute atomic E-state index is 13.5. The third-order valence-electron chi connectivity index (χ3n) is 7.91. The standard InChI is InChI=1S/C29H46N6O2/c1-35(16-13-30,17-14-31)15-7-11-25(32)29(37)34-27(19-22-8-3-2-4-9-22)28(36)20-23-18-24-10-5-6-12-26(24)33-21-23/h5-6,10,12,18,21-22,25,27H,2-4,7-9,11,13-17,19-20,30-32H2,1H3/p+1/t25-,27-/m0/s1. The minimum atomic E-state index is -0.645. The van der Waals surface area contributed by atoms with Gasteiger partial charge in [-0.15, -0.1) is 0 Å². The Balaban J connectivity index is 1.62. The van der Waals surface area contributed by atoms with Crippen LogP contribution >= 0.6 is 0 Å². The maximum atomic E-state index is 13.5. The number of aromatic nitrogens is 1. The number of para-hydroxylation sites is 1. The molecule has 3 rings (SSSR count). The van der Waals surface area contributed by atoms with Crippen molar-refractivity contribution in [3.63, 3.8) is 0 Å². The molecule has 0 saturated heterocycles. The lowest BCUT2D eigenvalue weighted by atomic mass is 9.83. The fraction of sp³-hybridized carbons (Fsp3) is 0.621. The second-order valence-corrected chi connectivity index (χ2v) is 11.1. The maximum Gasteiger partial charge on any atom is 0.237 e. The summed E-state index contributed by atoms with van der Waals surface area (Å²) in [6.45, 7) is 3.76. The number of Topliss-reactive ketones (excluding diaryl/α,β-unsaturated/α-hetero) is 1. The van der Waals surface area contributed by atoms with Crippen LogP contribution in [0.15, 0.2) is 36.5 Å². The Morgan fingerprint density at radius 2 is 1.78 bits per heavy atom. The van der Waals surface area contributed by atoms with E-state index in [1.807, 2.05) is 30.3 Å². The summed E-state index contributed by atoms with van der Waals surface area (Å²) in [5.74, 6) is 0.246. The van der Waals surface area contributed by atoms with Crippen molar-refractivity contribution in [2.75, 3.05) is 39.8 Å². The van der Waals surface area contributed by atoms with Crippen LogP contribution in [0.4, 0.5) is 0 Å². The molecule has 7 N–H and O–H groups in total. The van der Waals surface area contributed by atoms with Crippen molar-refractivity contribution >= 4 is 22.6 Å². The van der Waals surface area contributed by atoms with Crippen molar-refractivity contribution in [1.29, 1.82) is 0 Å². The number of pyridine rings is 1. The lowest BCUT2D eigenvalue weighted by Gasteiger charge is -2.34. The number of carbonyl (C=O) groups is 2. The average molecular weight is 512 g/mol. The smallest absolute Gasteiger partial charge is 0.237 e. The molecular weight excluding hydrogens is 464 g/mol. The summed E-state index contributed by atoms with van der Waals surface area (Å²) in [7, 11) is 2.14. The molecule has 1 heterocycles. The van der Waals surface area contributed by atoms with E-state index < -0.39 is 12.1 Å². The van der Waals surface area contributed by atoms with Crippen molar-refractivity contribution in [2.45, 2.75) is 69.9 Å². The summed E-state index contributed by atoms with van der Waals surface area (Å²) < 4.78 is 0.782. The monoisotopic (exact) mass is 511 g/mol. The number of rotatable bonds is 15. The van der Waals surface area contributed by atoms with E-state index in [2.05, 4.69) is 17.3 Å². The van der Waals surface area contributed by atoms with Gasteiger partial charge in [0.05, 0.1) is 44.3 Å². The largest absolute Gasteiger partial charge is 0.345 e. The van der Waals surface area contributed by atoms with E-state index in [1.165, 1.54) is 19.3 Å². The molecule has 8 nitrogen and oxygen atoms in total. The Morgan fingerprint density at radius 3 is 2.49 bits per heavy atom. The number of benzene rings is 1. The summed E-state index contributed by atoms with van der Waals surface area (Å²) in [5, 5.41) is 4.05. The first-order valence-electron chi connectivity index (χ1n) is 14.0. The molecule has 1 saturated carbocycles. The highest BCUT2D eigenvalue weighted by atomic mass is 16.2. The number of likely N-dealkylation sites (N-methyl/N-ethyl adjacent to an activating group) is 1. The van der Waals surface area contributed by atoms with Gasteiger partial charge in [-0.2, -0.15) is 0 Å². The minimum absolute atomic E-state index is 0.0262. The van der Waals surface area contributed by atoms with Crippen molar-refractivity contribution in [1.82, 2.24) is 10.3 Å². The molecule has 1 fully saturated rings. The van der Waals surface area contributed by atoms with Gasteiger partial charge in [0.15, 0.2) is 5.78 Å². The van der Waals surface area contributed by atoms with Gasteiger partial charge in [-0.1, -0.05) is 50.3 Å². The van der Waals surface area contributed by atoms with Gasteiger partial charge in [0.2, 0.25) is 5.91 Å². The molecule has 0 aliphatic heterocycles. The molecule has 1 aliphatic carbocycles. The normalized spacial score (nSPS) is 16.4. The predicted molar refractivity (Wildman–Crippen MR) is 150 cm³/mol. The van der Waals surface area contributed by atoms with Gasteiger partial charge in [-0.05, 0) is 42.9 Å². The molecule has 8 heteroatoms. The molecule has 0 unspecified atom stereocenters. The highest BCUT2D eigenvalue weighted by molar-refractivity contribution is 5.92. The quantitative estimate of drug-likeness (QED) is 0.271. The zero-order chi connectivity index (χ0) is 26.7. The SMILES string of the molecule is C[N+](CCN)(CCN)CCC[C@H](N)C(=O)N[C@@H](CC1CCCCC1)C(=O)Cc1cnc2ccccc2c1. The lowest BCUT2D eigenvalue weighted by Crippen LogP contribution is -2.52. The highest BCUT2D eigenvalue weighted by Gasteiger charge is 2.28. The fourth-order valence-electron chi connectivity index (χ4n) is 5.63. The van der Waals surface area contributed by atoms with Gasteiger partial charge < -0.3 is 27.0 Å². The molecule has 0 radical (unpaired) electrons. The van der Waals surface area contributed by atoms with Crippen LogP contribution in [-0.2, 0) is 16.0 Å². The number of ketones is 1. The van der Waals surface area contributed by atoms with E-state index in [0.29, 0.717) is 31.8 Å². The Hall–Kier alpha value is -2.39. The van der Waals surface area contributed by atoms with Crippen LogP contribution in [0.5, 0.6) is 0 Å². The van der Waals surface area contributed by atoms with E-state index in [0.717, 1.165) is 59.8 Å². The first kappa shape index (κ1) is 29.2. The van der Waals surface area contributed by atoms with Crippen molar-refractivity contribution in [3.05, 3.63) is 42.1 Å². The number of nitrogens with one attached hydrogen (secondary N) is 1. The average Bonchev–Trinajstić information content (AvgIpc) is 2.89. The number of hydrogen-bond acceptors (Lipinski definition) is 6. The van der Waals surface area contributed by atoms with E-state index in [4.69, 9.17) is 17.2 Å². The molecule has 2 atom stereocenters. The van der Waals surface area contributed by atoms with Crippen LogP contribution < -0.4 is 22.5 Å². The van der Waals surface area contributed by atoms with Crippen molar-refractivity contribution in [3.8, 4) is 0 Å². The van der Waals surface area contributed by atoms with Crippen molar-refractivity contribution < 1.29 is 14.1 Å². The number of nitrogens with zero attached hydrogens (tertiary/aromatic N) is 2. The zero-order valence-electron chi connectivity index (χ0n) is 22.5. The zero-order valence-corrected chi connectivity index (χ0v) is 22.5.